The fourth-order valence-corrected chi connectivity index (χ4v) is 8.86. The second-order valence-electron chi connectivity index (χ2n) is 9.96. The molecule has 4 fully saturated rings. The highest BCUT2D eigenvalue weighted by Gasteiger charge is 2.60. The summed E-state index contributed by atoms with van der Waals surface area (Å²) in [4.78, 5) is 14.4. The van der Waals surface area contributed by atoms with E-state index in [2.05, 4.69) is 44.5 Å². The number of thioether (sulfide) groups is 1. The molecule has 0 N–H and O–H groups in total. The standard InChI is InChI=1S/C22H37NOS/c1-5-25-14-15-6-8-17-16-7-9-19-22(3,13-11-20(24)23(19)4)18(16)10-12-21(15,17)2/h15-19H,5-14H2,1-4H3/t15?,16-,17-,18+,19?,21+,22+/m0/s1. The summed E-state index contributed by atoms with van der Waals surface area (Å²) in [5.41, 5.74) is 0.978. The molecule has 2 unspecified atom stereocenters. The Balaban J connectivity index is 1.57. The lowest BCUT2D eigenvalue weighted by Crippen LogP contribution is -2.61. The Hall–Kier alpha value is -0.180. The van der Waals surface area contributed by atoms with E-state index in [-0.39, 0.29) is 0 Å². The maximum Gasteiger partial charge on any atom is 0.222 e. The van der Waals surface area contributed by atoms with Gasteiger partial charge in [0.2, 0.25) is 5.91 Å². The third-order valence-corrected chi connectivity index (χ3v) is 10.3. The lowest BCUT2D eigenvalue weighted by Gasteiger charge is -2.61. The van der Waals surface area contributed by atoms with Gasteiger partial charge < -0.3 is 4.90 Å². The van der Waals surface area contributed by atoms with E-state index in [4.69, 9.17) is 0 Å². The third kappa shape index (κ3) is 2.62. The van der Waals surface area contributed by atoms with Gasteiger partial charge in [-0.05, 0) is 91.0 Å². The molecule has 3 saturated carbocycles. The topological polar surface area (TPSA) is 20.3 Å². The summed E-state index contributed by atoms with van der Waals surface area (Å²) in [5.74, 6) is 6.73. The van der Waals surface area contributed by atoms with Crippen LogP contribution in [0.15, 0.2) is 0 Å². The molecule has 0 radical (unpaired) electrons. The summed E-state index contributed by atoms with van der Waals surface area (Å²) in [5, 5.41) is 0. The van der Waals surface area contributed by atoms with Crippen LogP contribution in [0.4, 0.5) is 0 Å². The lowest BCUT2D eigenvalue weighted by atomic mass is 9.47. The molecule has 7 atom stereocenters. The highest BCUT2D eigenvalue weighted by Crippen LogP contribution is 2.66. The molecule has 3 heteroatoms. The number of carbonyl (C=O) groups is 1. The number of hydrogen-bond acceptors (Lipinski definition) is 2. The van der Waals surface area contributed by atoms with Gasteiger partial charge in [0.15, 0.2) is 0 Å². The molecular weight excluding hydrogens is 326 g/mol. The molecular formula is C22H37NOS. The lowest BCUT2D eigenvalue weighted by molar-refractivity contribution is -0.158. The molecule has 0 aromatic rings. The predicted octanol–water partition coefficient (Wildman–Crippen LogP) is 5.22. The summed E-state index contributed by atoms with van der Waals surface area (Å²) in [6.07, 6.45) is 10.3. The van der Waals surface area contributed by atoms with Crippen LogP contribution in [0.25, 0.3) is 0 Å². The zero-order valence-corrected chi connectivity index (χ0v) is 17.5. The van der Waals surface area contributed by atoms with Crippen molar-refractivity contribution in [3.05, 3.63) is 0 Å². The zero-order chi connectivity index (χ0) is 17.8. The molecule has 0 aromatic heterocycles. The van der Waals surface area contributed by atoms with E-state index in [9.17, 15) is 4.79 Å². The maximum atomic E-state index is 12.3. The fourth-order valence-electron chi connectivity index (χ4n) is 7.79. The minimum absolute atomic E-state index is 0.378. The first-order valence-corrected chi connectivity index (χ1v) is 11.9. The number of likely N-dealkylation sites (tertiary alicyclic amines) is 1. The molecule has 3 aliphatic carbocycles. The Morgan fingerprint density at radius 2 is 1.80 bits per heavy atom. The van der Waals surface area contributed by atoms with Gasteiger partial charge in [0.05, 0.1) is 0 Å². The normalized spacial score (nSPS) is 49.5. The van der Waals surface area contributed by atoms with E-state index in [1.807, 2.05) is 0 Å². The van der Waals surface area contributed by atoms with Gasteiger partial charge in [-0.3, -0.25) is 4.79 Å². The molecule has 4 rings (SSSR count). The van der Waals surface area contributed by atoms with Crippen LogP contribution in [0.3, 0.4) is 0 Å². The second-order valence-corrected chi connectivity index (χ2v) is 11.3. The van der Waals surface area contributed by atoms with Crippen LogP contribution in [0, 0.1) is 34.5 Å². The van der Waals surface area contributed by atoms with Gasteiger partial charge in [-0.15, -0.1) is 0 Å². The zero-order valence-electron chi connectivity index (χ0n) is 16.7. The van der Waals surface area contributed by atoms with Crippen LogP contribution in [0.5, 0.6) is 0 Å². The number of carbonyl (C=O) groups excluding carboxylic acids is 1. The van der Waals surface area contributed by atoms with Gasteiger partial charge in [0.25, 0.3) is 0 Å². The Bertz CT molecular complexity index is 536. The highest BCUT2D eigenvalue weighted by molar-refractivity contribution is 7.99. The van der Waals surface area contributed by atoms with Gasteiger partial charge in [0, 0.05) is 19.5 Å². The maximum absolute atomic E-state index is 12.3. The van der Waals surface area contributed by atoms with E-state index >= 15 is 0 Å². The van der Waals surface area contributed by atoms with Crippen molar-refractivity contribution in [2.45, 2.75) is 78.2 Å². The number of hydrogen-bond donors (Lipinski definition) is 0. The minimum Gasteiger partial charge on any atom is -0.342 e. The van der Waals surface area contributed by atoms with Crippen molar-refractivity contribution < 1.29 is 4.79 Å². The van der Waals surface area contributed by atoms with Crippen LogP contribution >= 0.6 is 11.8 Å². The smallest absolute Gasteiger partial charge is 0.222 e. The molecule has 142 valence electrons. The highest BCUT2D eigenvalue weighted by atomic mass is 32.2. The number of amides is 1. The molecule has 0 spiro atoms. The van der Waals surface area contributed by atoms with Crippen molar-refractivity contribution >= 4 is 17.7 Å². The van der Waals surface area contributed by atoms with Gasteiger partial charge in [-0.25, -0.2) is 0 Å². The predicted molar refractivity (Wildman–Crippen MR) is 107 cm³/mol. The van der Waals surface area contributed by atoms with E-state index in [0.29, 0.717) is 22.8 Å². The van der Waals surface area contributed by atoms with Crippen LogP contribution in [-0.4, -0.2) is 35.4 Å². The SMILES string of the molecule is CCSCC1CC[C@H]2[C@@H]3CCC4N(C)C(=O)CC[C@]4(C)[C@@H]3CC[C@]12C. The minimum atomic E-state index is 0.378. The van der Waals surface area contributed by atoms with E-state index < -0.39 is 0 Å². The number of rotatable bonds is 3. The summed E-state index contributed by atoms with van der Waals surface area (Å²) >= 11 is 2.16. The molecule has 2 nitrogen and oxygen atoms in total. The van der Waals surface area contributed by atoms with Crippen LogP contribution in [0.2, 0.25) is 0 Å². The van der Waals surface area contributed by atoms with Crippen molar-refractivity contribution in [2.75, 3.05) is 18.6 Å². The summed E-state index contributed by atoms with van der Waals surface area (Å²) in [6.45, 7) is 7.49. The van der Waals surface area contributed by atoms with Crippen molar-refractivity contribution in [3.8, 4) is 0 Å². The Morgan fingerprint density at radius 3 is 2.56 bits per heavy atom. The second kappa shape index (κ2) is 6.46. The molecule has 0 aromatic carbocycles. The third-order valence-electron chi connectivity index (χ3n) is 9.28. The van der Waals surface area contributed by atoms with E-state index in [0.717, 1.165) is 36.5 Å². The molecule has 1 amide bonds. The van der Waals surface area contributed by atoms with Gasteiger partial charge in [-0.1, -0.05) is 20.8 Å². The Labute approximate surface area is 158 Å². The average molecular weight is 364 g/mol. The van der Waals surface area contributed by atoms with Crippen molar-refractivity contribution in [2.24, 2.45) is 34.5 Å². The Morgan fingerprint density at radius 1 is 1.04 bits per heavy atom. The molecule has 4 aliphatic rings. The summed E-state index contributed by atoms with van der Waals surface area (Å²) < 4.78 is 0. The molecule has 1 heterocycles. The van der Waals surface area contributed by atoms with E-state index in [1.165, 1.54) is 50.0 Å². The first-order valence-electron chi connectivity index (χ1n) is 10.7. The van der Waals surface area contributed by atoms with Crippen molar-refractivity contribution in [3.63, 3.8) is 0 Å². The van der Waals surface area contributed by atoms with Gasteiger partial charge in [-0.2, -0.15) is 11.8 Å². The first kappa shape index (κ1) is 18.2. The monoisotopic (exact) mass is 363 g/mol. The van der Waals surface area contributed by atoms with Gasteiger partial charge >= 0.3 is 0 Å². The van der Waals surface area contributed by atoms with Gasteiger partial charge in [0.1, 0.15) is 0 Å². The molecule has 1 aliphatic heterocycles. The number of piperidine rings is 1. The quantitative estimate of drug-likeness (QED) is 0.685. The molecule has 1 saturated heterocycles. The Kier molecular flexibility index (Phi) is 4.70. The number of nitrogens with zero attached hydrogens (tertiary/aromatic N) is 1. The molecule has 25 heavy (non-hydrogen) atoms. The largest absolute Gasteiger partial charge is 0.342 e. The van der Waals surface area contributed by atoms with Crippen LogP contribution in [0.1, 0.15) is 72.1 Å². The fraction of sp³-hybridized carbons (Fsp3) is 0.955. The summed E-state index contributed by atoms with van der Waals surface area (Å²) in [6, 6.07) is 0.507. The van der Waals surface area contributed by atoms with E-state index in [1.54, 1.807) is 0 Å². The van der Waals surface area contributed by atoms with Crippen LogP contribution < -0.4 is 0 Å². The molecule has 0 bridgehead atoms. The average Bonchev–Trinajstić information content (AvgIpc) is 2.93. The summed E-state index contributed by atoms with van der Waals surface area (Å²) in [7, 11) is 2.07. The van der Waals surface area contributed by atoms with Crippen LogP contribution in [-0.2, 0) is 4.79 Å². The first-order chi connectivity index (χ1) is 11.9. The van der Waals surface area contributed by atoms with Crippen molar-refractivity contribution in [1.82, 2.24) is 4.90 Å². The van der Waals surface area contributed by atoms with Crippen molar-refractivity contribution in [1.29, 1.82) is 0 Å². The number of fused-ring (bicyclic) bond motifs is 5.